The lowest BCUT2D eigenvalue weighted by molar-refractivity contribution is -0.316. The molecular weight excluding hydrogens is 680 g/mol. The molecule has 2 bridgehead atoms. The molecule has 16 nitrogen and oxygen atoms in total. The van der Waals surface area contributed by atoms with E-state index in [-0.39, 0.29) is 42.9 Å². The molecule has 13 atom stereocenters. The zero-order valence-corrected chi connectivity index (χ0v) is 28.7. The van der Waals surface area contributed by atoms with Crippen molar-refractivity contribution in [3.05, 3.63) is 12.2 Å². The minimum Gasteiger partial charge on any atom is -0.481 e. The van der Waals surface area contributed by atoms with Gasteiger partial charge < -0.3 is 29.5 Å². The van der Waals surface area contributed by atoms with E-state index in [1.54, 1.807) is 13.8 Å². The molecule has 1 heterocycles. The second-order valence-corrected chi connectivity index (χ2v) is 16.9. The number of hydrogen-bond acceptors (Lipinski definition) is 13. The zero-order chi connectivity index (χ0) is 35.6. The van der Waals surface area contributed by atoms with Gasteiger partial charge in [-0.2, -0.15) is 16.8 Å². The van der Waals surface area contributed by atoms with E-state index < -0.39 is 99.0 Å². The molecule has 11 unspecified atom stereocenters. The molecule has 5 fully saturated rings. The molecule has 0 aromatic heterocycles. The number of hydrogen-bond donors (Lipinski definition) is 5. The number of aliphatic carboxylic acids is 1. The Hall–Kier alpha value is -1.74. The Morgan fingerprint density at radius 1 is 1.02 bits per heavy atom. The molecule has 5 N–H and O–H groups in total. The topological polar surface area (TPSA) is 250 Å². The minimum atomic E-state index is -5.42. The van der Waals surface area contributed by atoms with Crippen LogP contribution >= 0.6 is 0 Å². The van der Waals surface area contributed by atoms with E-state index in [0.717, 1.165) is 24.8 Å². The molecule has 0 aromatic rings. The summed E-state index contributed by atoms with van der Waals surface area (Å²) in [7, 11) is -10.8. The molecule has 18 heteroatoms. The molecule has 0 radical (unpaired) electrons. The zero-order valence-electron chi connectivity index (χ0n) is 27.0. The molecule has 4 saturated carbocycles. The van der Waals surface area contributed by atoms with Crippen LogP contribution in [-0.4, -0.2) is 103 Å². The van der Waals surface area contributed by atoms with Crippen molar-refractivity contribution in [2.24, 2.45) is 40.4 Å². The molecule has 5 rings (SSSR count). The molecule has 5 aliphatic rings. The Balaban J connectivity index is 1.51. The first-order chi connectivity index (χ1) is 22.2. The minimum absolute atomic E-state index is 0.0156. The van der Waals surface area contributed by atoms with Gasteiger partial charge >= 0.3 is 32.7 Å². The summed E-state index contributed by atoms with van der Waals surface area (Å²) in [5.41, 5.74) is -0.319. The van der Waals surface area contributed by atoms with Crippen molar-refractivity contribution in [1.29, 1.82) is 0 Å². The Kier molecular flexibility index (Phi) is 10.5. The lowest BCUT2D eigenvalue weighted by atomic mass is 9.43. The fraction of sp³-hybridized carbons (Fsp3) is 0.867. The van der Waals surface area contributed by atoms with Crippen LogP contribution in [0.4, 0.5) is 0 Å². The number of fused-ring (bicyclic) bond motifs is 3. The number of esters is 1. The summed E-state index contributed by atoms with van der Waals surface area (Å²) in [5.74, 6) is -3.25. The fourth-order valence-corrected chi connectivity index (χ4v) is 10.8. The third-order valence-electron chi connectivity index (χ3n) is 11.5. The molecule has 1 spiro atoms. The first-order valence-electron chi connectivity index (χ1n) is 16.2. The van der Waals surface area contributed by atoms with Crippen LogP contribution in [0.1, 0.15) is 72.1 Å². The number of aliphatic hydroxyl groups excluding tert-OH is 2. The summed E-state index contributed by atoms with van der Waals surface area (Å²) in [4.78, 5) is 25.7. The van der Waals surface area contributed by atoms with Gasteiger partial charge in [0.1, 0.15) is 12.2 Å². The Morgan fingerprint density at radius 3 is 2.25 bits per heavy atom. The third kappa shape index (κ3) is 7.20. The Labute approximate surface area is 280 Å². The highest BCUT2D eigenvalue weighted by Crippen LogP contribution is 2.70. The number of carboxylic acid groups (broad SMARTS) is 1. The van der Waals surface area contributed by atoms with Gasteiger partial charge in [-0.25, -0.2) is 8.37 Å². The number of carboxylic acids is 1. The van der Waals surface area contributed by atoms with Crippen molar-refractivity contribution in [3.8, 4) is 0 Å². The number of rotatable bonds is 11. The number of carbonyl (C=O) groups is 2. The molecule has 4 aliphatic carbocycles. The number of aliphatic hydroxyl groups is 2. The van der Waals surface area contributed by atoms with Crippen molar-refractivity contribution in [2.45, 2.75) is 115 Å². The molecule has 0 aromatic carbocycles. The highest BCUT2D eigenvalue weighted by Gasteiger charge is 2.67. The standard InChI is InChI=1S/C30H46O16S2/c1-14(2)9-22(32)44-25-24(46-48(39,40)41)23(45-47(36,37)38)20(13-31)43-28(25)42-17-10-18(27(34)35)19-7-8-30-11-16(15(3)26(30)33)5-6-21(30)29(19,4)12-17/h14,16-21,23-26,28,31,33H,3,5-13H2,1-2,4H3,(H,34,35)(H,36,37,38)(H,39,40,41)/t16?,17?,18?,19?,20?,21?,23?,24?,25?,26?,28?,29-,30-/m0/s1. The van der Waals surface area contributed by atoms with Crippen molar-refractivity contribution >= 4 is 32.7 Å². The Morgan fingerprint density at radius 2 is 1.67 bits per heavy atom. The van der Waals surface area contributed by atoms with Crippen molar-refractivity contribution in [2.75, 3.05) is 6.61 Å². The summed E-state index contributed by atoms with van der Waals surface area (Å²) in [6, 6.07) is 0. The summed E-state index contributed by atoms with van der Waals surface area (Å²) in [6.45, 7) is 8.52. The van der Waals surface area contributed by atoms with Gasteiger partial charge in [-0.3, -0.25) is 18.7 Å². The van der Waals surface area contributed by atoms with Gasteiger partial charge in [-0.05, 0) is 79.6 Å². The third-order valence-corrected chi connectivity index (χ3v) is 12.4. The lowest BCUT2D eigenvalue weighted by Crippen LogP contribution is -2.64. The van der Waals surface area contributed by atoms with Crippen LogP contribution in [0.25, 0.3) is 0 Å². The average molecular weight is 727 g/mol. The molecule has 274 valence electrons. The van der Waals surface area contributed by atoms with Crippen LogP contribution in [0.3, 0.4) is 0 Å². The number of ether oxygens (including phenoxy) is 3. The summed E-state index contributed by atoms with van der Waals surface area (Å²) in [6.07, 6.45) is -7.93. The fourth-order valence-electron chi connectivity index (χ4n) is 9.82. The quantitative estimate of drug-likeness (QED) is 0.0879. The van der Waals surface area contributed by atoms with Crippen LogP contribution < -0.4 is 0 Å². The highest BCUT2D eigenvalue weighted by atomic mass is 32.3. The van der Waals surface area contributed by atoms with Gasteiger partial charge in [-0.1, -0.05) is 27.4 Å². The van der Waals surface area contributed by atoms with Crippen LogP contribution in [0, 0.1) is 40.4 Å². The van der Waals surface area contributed by atoms with E-state index in [1.165, 1.54) is 0 Å². The van der Waals surface area contributed by atoms with Gasteiger partial charge in [0.05, 0.1) is 24.7 Å². The normalized spacial score (nSPS) is 43.0. The SMILES string of the molecule is C=C1C2CCC3[C@@]4(C)CC(OC5OC(CO)C(OS(=O)(=O)O)C(OS(=O)(=O)O)C5OC(=O)CC(C)C)CC(C(=O)O)C4CC[C@@]3(C2)C1O. The van der Waals surface area contributed by atoms with E-state index in [4.69, 9.17) is 18.4 Å². The van der Waals surface area contributed by atoms with Gasteiger partial charge in [0.25, 0.3) is 0 Å². The van der Waals surface area contributed by atoms with Crippen molar-refractivity contribution in [1.82, 2.24) is 0 Å². The summed E-state index contributed by atoms with van der Waals surface area (Å²) in [5, 5.41) is 32.0. The second kappa shape index (κ2) is 13.4. The smallest absolute Gasteiger partial charge is 0.397 e. The maximum Gasteiger partial charge on any atom is 0.397 e. The number of carbonyl (C=O) groups excluding carboxylic acids is 1. The molecule has 0 amide bonds. The van der Waals surface area contributed by atoms with Crippen LogP contribution in [0.5, 0.6) is 0 Å². The van der Waals surface area contributed by atoms with Gasteiger partial charge in [0.15, 0.2) is 18.5 Å². The van der Waals surface area contributed by atoms with Crippen LogP contribution in [-0.2, 0) is 53.0 Å². The van der Waals surface area contributed by atoms with E-state index in [2.05, 4.69) is 10.8 Å². The van der Waals surface area contributed by atoms with Crippen molar-refractivity contribution in [3.63, 3.8) is 0 Å². The van der Waals surface area contributed by atoms with Gasteiger partial charge in [-0.15, -0.1) is 0 Å². The van der Waals surface area contributed by atoms with Crippen molar-refractivity contribution < 1.29 is 73.4 Å². The summed E-state index contributed by atoms with van der Waals surface area (Å²) >= 11 is 0. The van der Waals surface area contributed by atoms with Gasteiger partial charge in [0.2, 0.25) is 0 Å². The molecular formula is C30H46O16S2. The molecule has 48 heavy (non-hydrogen) atoms. The largest absolute Gasteiger partial charge is 0.481 e. The average Bonchev–Trinajstić information content (AvgIpc) is 3.12. The first kappa shape index (κ1) is 37.5. The van der Waals surface area contributed by atoms with E-state index in [0.29, 0.717) is 12.8 Å². The second-order valence-electron chi connectivity index (χ2n) is 14.8. The predicted octanol–water partition coefficient (Wildman–Crippen LogP) is 1.67. The monoisotopic (exact) mass is 726 g/mol. The van der Waals surface area contributed by atoms with E-state index in [1.807, 2.05) is 6.92 Å². The highest BCUT2D eigenvalue weighted by molar-refractivity contribution is 7.81. The van der Waals surface area contributed by atoms with Crippen LogP contribution in [0.15, 0.2) is 12.2 Å². The van der Waals surface area contributed by atoms with Crippen LogP contribution in [0.2, 0.25) is 0 Å². The first-order valence-corrected chi connectivity index (χ1v) is 18.9. The predicted molar refractivity (Wildman–Crippen MR) is 162 cm³/mol. The lowest BCUT2D eigenvalue weighted by Gasteiger charge is -2.62. The molecule has 1 saturated heterocycles. The molecule has 1 aliphatic heterocycles. The van der Waals surface area contributed by atoms with Gasteiger partial charge in [0, 0.05) is 11.8 Å². The van der Waals surface area contributed by atoms with E-state index >= 15 is 0 Å². The Bertz CT molecular complexity index is 1480. The summed E-state index contributed by atoms with van der Waals surface area (Å²) < 4.78 is 93.5. The maximum atomic E-state index is 12.9. The van der Waals surface area contributed by atoms with E-state index in [9.17, 15) is 50.8 Å². The maximum absolute atomic E-state index is 12.9.